The molecule has 2 aromatic carbocycles. The summed E-state index contributed by atoms with van der Waals surface area (Å²) < 4.78 is 16.0. The molecular formula is C24H28N2O5. The number of hydrogen-bond donors (Lipinski definition) is 0. The van der Waals surface area contributed by atoms with Gasteiger partial charge in [-0.2, -0.15) is 0 Å². The van der Waals surface area contributed by atoms with Gasteiger partial charge in [-0.15, -0.1) is 0 Å². The standard InChI is InChI=1S/C24H28N2O5/c1-24(2,3)31-23(28)26-15-14-25(20-12-11-19(30-5)16-21(20)26)22(27)13-8-17-6-9-18(29-4)10-7-17/h6-13,16H,14-15H2,1-5H3. The molecule has 31 heavy (non-hydrogen) atoms. The van der Waals surface area contributed by atoms with E-state index >= 15 is 0 Å². The van der Waals surface area contributed by atoms with Crippen molar-refractivity contribution in [1.82, 2.24) is 0 Å². The van der Waals surface area contributed by atoms with Crippen molar-refractivity contribution in [3.05, 3.63) is 54.1 Å². The van der Waals surface area contributed by atoms with E-state index in [9.17, 15) is 9.59 Å². The van der Waals surface area contributed by atoms with Crippen LogP contribution in [0.1, 0.15) is 26.3 Å². The molecule has 3 rings (SSSR count). The quantitative estimate of drug-likeness (QED) is 0.676. The van der Waals surface area contributed by atoms with Gasteiger partial charge >= 0.3 is 6.09 Å². The highest BCUT2D eigenvalue weighted by molar-refractivity contribution is 6.08. The van der Waals surface area contributed by atoms with Crippen molar-refractivity contribution >= 4 is 29.5 Å². The van der Waals surface area contributed by atoms with Crippen LogP contribution in [-0.4, -0.2) is 44.9 Å². The number of methoxy groups -OCH3 is 2. The molecule has 2 amide bonds. The topological polar surface area (TPSA) is 68.3 Å². The molecule has 0 bridgehead atoms. The number of anilines is 2. The van der Waals surface area contributed by atoms with Gasteiger partial charge in [0.25, 0.3) is 5.91 Å². The monoisotopic (exact) mass is 424 g/mol. The first-order chi connectivity index (χ1) is 14.7. The van der Waals surface area contributed by atoms with Crippen molar-refractivity contribution in [2.45, 2.75) is 26.4 Å². The first-order valence-electron chi connectivity index (χ1n) is 10.0. The number of carbonyl (C=O) groups excluding carboxylic acids is 2. The maximum absolute atomic E-state index is 13.0. The zero-order valence-electron chi connectivity index (χ0n) is 18.5. The molecule has 164 valence electrons. The number of carbonyl (C=O) groups is 2. The van der Waals surface area contributed by atoms with E-state index in [-0.39, 0.29) is 5.91 Å². The van der Waals surface area contributed by atoms with Crippen LogP contribution in [0, 0.1) is 0 Å². The van der Waals surface area contributed by atoms with Gasteiger partial charge in [-0.25, -0.2) is 4.79 Å². The molecule has 7 nitrogen and oxygen atoms in total. The summed E-state index contributed by atoms with van der Waals surface area (Å²) in [6.45, 7) is 6.13. The van der Waals surface area contributed by atoms with Gasteiger partial charge in [0.2, 0.25) is 0 Å². The molecule has 0 aliphatic carbocycles. The minimum absolute atomic E-state index is 0.175. The van der Waals surface area contributed by atoms with Gasteiger partial charge in [0.15, 0.2) is 0 Å². The van der Waals surface area contributed by atoms with Gasteiger partial charge in [0, 0.05) is 25.2 Å². The Morgan fingerprint density at radius 3 is 2.10 bits per heavy atom. The summed E-state index contributed by atoms with van der Waals surface area (Å²) in [6.07, 6.45) is 2.83. The minimum Gasteiger partial charge on any atom is -0.497 e. The summed E-state index contributed by atoms with van der Waals surface area (Å²) in [5, 5.41) is 0. The van der Waals surface area contributed by atoms with E-state index in [0.717, 1.165) is 11.3 Å². The molecule has 0 fully saturated rings. The lowest BCUT2D eigenvalue weighted by atomic mass is 10.1. The Labute approximate surface area is 182 Å². The fraction of sp³-hybridized carbons (Fsp3) is 0.333. The SMILES string of the molecule is COc1ccc(C=CC(=O)N2CCN(C(=O)OC(C)(C)C)c3cc(OC)ccc32)cc1. The fourth-order valence-electron chi connectivity index (χ4n) is 3.22. The molecule has 2 aromatic rings. The fourth-order valence-corrected chi connectivity index (χ4v) is 3.22. The summed E-state index contributed by atoms with van der Waals surface area (Å²) in [7, 11) is 3.17. The molecule has 0 spiro atoms. The molecule has 1 aliphatic heterocycles. The van der Waals surface area contributed by atoms with Crippen LogP contribution >= 0.6 is 0 Å². The Bertz CT molecular complexity index is 976. The molecule has 0 atom stereocenters. The molecule has 1 aliphatic rings. The van der Waals surface area contributed by atoms with Crippen molar-refractivity contribution in [3.63, 3.8) is 0 Å². The number of amides is 2. The van der Waals surface area contributed by atoms with E-state index in [1.54, 1.807) is 48.3 Å². The normalized spacial score (nSPS) is 13.7. The smallest absolute Gasteiger partial charge is 0.414 e. The van der Waals surface area contributed by atoms with Crippen molar-refractivity contribution in [3.8, 4) is 11.5 Å². The summed E-state index contributed by atoms with van der Waals surface area (Å²) >= 11 is 0. The summed E-state index contributed by atoms with van der Waals surface area (Å²) in [6, 6.07) is 12.7. The lowest BCUT2D eigenvalue weighted by molar-refractivity contribution is -0.114. The molecule has 0 saturated heterocycles. The number of benzene rings is 2. The molecular weight excluding hydrogens is 396 g/mol. The third kappa shape index (κ3) is 5.36. The third-order valence-electron chi connectivity index (χ3n) is 4.73. The molecule has 0 aromatic heterocycles. The second-order valence-electron chi connectivity index (χ2n) is 8.08. The lowest BCUT2D eigenvalue weighted by Gasteiger charge is -2.37. The number of hydrogen-bond acceptors (Lipinski definition) is 5. The summed E-state index contributed by atoms with van der Waals surface area (Å²) in [4.78, 5) is 28.9. The van der Waals surface area contributed by atoms with Crippen molar-refractivity contribution in [1.29, 1.82) is 0 Å². The van der Waals surface area contributed by atoms with Crippen molar-refractivity contribution in [2.24, 2.45) is 0 Å². The van der Waals surface area contributed by atoms with Crippen LogP contribution in [-0.2, 0) is 9.53 Å². The van der Waals surface area contributed by atoms with E-state index in [4.69, 9.17) is 14.2 Å². The zero-order valence-corrected chi connectivity index (χ0v) is 18.5. The van der Waals surface area contributed by atoms with E-state index in [1.165, 1.54) is 6.08 Å². The lowest BCUT2D eigenvalue weighted by Crippen LogP contribution is -2.47. The highest BCUT2D eigenvalue weighted by Gasteiger charge is 2.32. The Kier molecular flexibility index (Phi) is 6.53. The Morgan fingerprint density at radius 2 is 1.48 bits per heavy atom. The van der Waals surface area contributed by atoms with Gasteiger partial charge in [-0.05, 0) is 56.7 Å². The first kappa shape index (κ1) is 22.2. The van der Waals surface area contributed by atoms with Crippen LogP contribution in [0.5, 0.6) is 11.5 Å². The Morgan fingerprint density at radius 1 is 0.871 bits per heavy atom. The average Bonchev–Trinajstić information content (AvgIpc) is 2.75. The third-order valence-corrected chi connectivity index (χ3v) is 4.73. The Balaban J connectivity index is 1.86. The van der Waals surface area contributed by atoms with Crippen molar-refractivity contribution in [2.75, 3.05) is 37.1 Å². The molecule has 0 radical (unpaired) electrons. The zero-order chi connectivity index (χ0) is 22.6. The van der Waals surface area contributed by atoms with Crippen LogP contribution in [0.2, 0.25) is 0 Å². The van der Waals surface area contributed by atoms with Crippen molar-refractivity contribution < 1.29 is 23.8 Å². The minimum atomic E-state index is -0.621. The van der Waals surface area contributed by atoms with E-state index in [1.807, 2.05) is 45.0 Å². The predicted octanol–water partition coefficient (Wildman–Crippen LogP) is 4.51. The van der Waals surface area contributed by atoms with Crippen LogP contribution in [0.15, 0.2) is 48.5 Å². The second kappa shape index (κ2) is 9.12. The van der Waals surface area contributed by atoms with E-state index < -0.39 is 11.7 Å². The maximum Gasteiger partial charge on any atom is 0.414 e. The van der Waals surface area contributed by atoms with Crippen LogP contribution < -0.4 is 19.3 Å². The average molecular weight is 424 g/mol. The highest BCUT2D eigenvalue weighted by Crippen LogP contribution is 2.37. The predicted molar refractivity (Wildman–Crippen MR) is 121 cm³/mol. The van der Waals surface area contributed by atoms with Gasteiger partial charge in [0.1, 0.15) is 17.1 Å². The molecule has 0 unspecified atom stereocenters. The molecule has 0 N–H and O–H groups in total. The Hall–Kier alpha value is -3.48. The summed E-state index contributed by atoms with van der Waals surface area (Å²) in [5.74, 6) is 1.17. The number of fused-ring (bicyclic) bond motifs is 1. The summed E-state index contributed by atoms with van der Waals surface area (Å²) in [5.41, 5.74) is 1.47. The molecule has 7 heteroatoms. The van der Waals surface area contributed by atoms with Gasteiger partial charge in [-0.3, -0.25) is 9.69 Å². The number of ether oxygens (including phenoxy) is 3. The molecule has 0 saturated carbocycles. The van der Waals surface area contributed by atoms with Gasteiger partial charge < -0.3 is 19.1 Å². The second-order valence-corrected chi connectivity index (χ2v) is 8.08. The number of rotatable bonds is 4. The largest absolute Gasteiger partial charge is 0.497 e. The number of nitrogens with zero attached hydrogens (tertiary/aromatic N) is 2. The highest BCUT2D eigenvalue weighted by atomic mass is 16.6. The van der Waals surface area contributed by atoms with E-state index in [0.29, 0.717) is 30.2 Å². The first-order valence-corrected chi connectivity index (χ1v) is 10.0. The maximum atomic E-state index is 13.0. The van der Waals surface area contributed by atoms with E-state index in [2.05, 4.69) is 0 Å². The molecule has 1 heterocycles. The van der Waals surface area contributed by atoms with Gasteiger partial charge in [0.05, 0.1) is 25.6 Å². The van der Waals surface area contributed by atoms with Crippen LogP contribution in [0.3, 0.4) is 0 Å². The van der Waals surface area contributed by atoms with Crippen LogP contribution in [0.25, 0.3) is 6.08 Å². The van der Waals surface area contributed by atoms with Gasteiger partial charge in [-0.1, -0.05) is 12.1 Å². The van der Waals surface area contributed by atoms with Crippen LogP contribution in [0.4, 0.5) is 16.2 Å².